The van der Waals surface area contributed by atoms with Crippen molar-refractivity contribution in [3.63, 3.8) is 0 Å². The van der Waals surface area contributed by atoms with E-state index in [2.05, 4.69) is 10.3 Å². The van der Waals surface area contributed by atoms with Gasteiger partial charge in [-0.2, -0.15) is 5.10 Å². The zero-order valence-electron chi connectivity index (χ0n) is 10.5. The predicted octanol–water partition coefficient (Wildman–Crippen LogP) is 0.835. The molecule has 0 bridgehead atoms. The van der Waals surface area contributed by atoms with Crippen LogP contribution in [0.15, 0.2) is 15.7 Å². The molecule has 7 nitrogen and oxygen atoms in total. The van der Waals surface area contributed by atoms with Gasteiger partial charge in [0.25, 0.3) is 0 Å². The highest BCUT2D eigenvalue weighted by atomic mass is 16.5. The topological polar surface area (TPSA) is 96.0 Å². The zero-order valence-corrected chi connectivity index (χ0v) is 10.5. The Labute approximate surface area is 104 Å². The van der Waals surface area contributed by atoms with Crippen LogP contribution in [0.2, 0.25) is 0 Å². The number of likely N-dealkylation sites (N-methyl/N-ethyl adjacent to an activating group) is 1. The van der Waals surface area contributed by atoms with Crippen molar-refractivity contribution in [1.82, 2.24) is 10.2 Å². The molecular weight excluding hydrogens is 238 g/mol. The number of aliphatic carboxylic acids is 1. The molecule has 1 N–H and O–H groups in total. The molecule has 0 atom stereocenters. The van der Waals surface area contributed by atoms with E-state index in [1.165, 1.54) is 7.05 Å². The van der Waals surface area contributed by atoms with Crippen LogP contribution in [0.4, 0.5) is 0 Å². The summed E-state index contributed by atoms with van der Waals surface area (Å²) in [5, 5.41) is 17.2. The van der Waals surface area contributed by atoms with Crippen LogP contribution in [0.3, 0.4) is 0 Å². The number of carboxylic acids is 1. The third-order valence-electron chi connectivity index (χ3n) is 2.22. The van der Waals surface area contributed by atoms with E-state index in [4.69, 9.17) is 9.63 Å². The van der Waals surface area contributed by atoms with Gasteiger partial charge in [-0.3, -0.25) is 4.79 Å². The fourth-order valence-corrected chi connectivity index (χ4v) is 1.26. The maximum Gasteiger partial charge on any atom is 0.352 e. The summed E-state index contributed by atoms with van der Waals surface area (Å²) in [7, 11) is 1.41. The number of amides is 1. The van der Waals surface area contributed by atoms with Gasteiger partial charge in [0.15, 0.2) is 0 Å². The van der Waals surface area contributed by atoms with Crippen molar-refractivity contribution in [2.24, 2.45) is 5.10 Å². The Bertz CT molecular complexity index is 478. The fraction of sp³-hybridized carbons (Fsp3) is 0.455. The summed E-state index contributed by atoms with van der Waals surface area (Å²) in [4.78, 5) is 22.5. The van der Waals surface area contributed by atoms with Crippen molar-refractivity contribution in [3.8, 4) is 0 Å². The van der Waals surface area contributed by atoms with Gasteiger partial charge in [0.05, 0.1) is 12.1 Å². The van der Waals surface area contributed by atoms with E-state index < -0.39 is 5.97 Å². The van der Waals surface area contributed by atoms with Crippen LogP contribution in [-0.4, -0.2) is 39.9 Å². The van der Waals surface area contributed by atoms with Crippen molar-refractivity contribution in [1.29, 1.82) is 0 Å². The Balaban J connectivity index is 2.69. The lowest BCUT2D eigenvalue weighted by Crippen LogP contribution is -2.26. The molecule has 0 saturated heterocycles. The van der Waals surface area contributed by atoms with Crippen LogP contribution in [-0.2, 0) is 16.0 Å². The average molecular weight is 253 g/mol. The number of nitrogens with zero attached hydrogens (tertiary/aromatic N) is 3. The Kier molecular flexibility index (Phi) is 4.59. The molecule has 0 aliphatic carbocycles. The number of rotatable bonds is 5. The Morgan fingerprint density at radius 1 is 1.56 bits per heavy atom. The van der Waals surface area contributed by atoms with Crippen LogP contribution in [0.5, 0.6) is 0 Å². The van der Waals surface area contributed by atoms with Gasteiger partial charge in [0.2, 0.25) is 5.91 Å². The number of carbonyl (C=O) groups is 2. The minimum absolute atomic E-state index is 0.00253. The van der Waals surface area contributed by atoms with Crippen molar-refractivity contribution < 1.29 is 19.2 Å². The molecular formula is C11H15N3O4. The highest BCUT2D eigenvalue weighted by Crippen LogP contribution is 2.05. The molecule has 0 spiro atoms. The zero-order chi connectivity index (χ0) is 13.7. The highest BCUT2D eigenvalue weighted by molar-refractivity contribution is 6.35. The number of hydrogen-bond acceptors (Lipinski definition) is 5. The van der Waals surface area contributed by atoms with Crippen LogP contribution in [0.25, 0.3) is 0 Å². The molecule has 1 aromatic rings. The molecule has 1 rings (SSSR count). The first-order valence-electron chi connectivity index (χ1n) is 5.43. The first-order chi connectivity index (χ1) is 8.43. The molecule has 1 heterocycles. The molecule has 0 aromatic carbocycles. The molecule has 7 heteroatoms. The molecule has 0 unspecified atom stereocenters. The molecule has 18 heavy (non-hydrogen) atoms. The van der Waals surface area contributed by atoms with E-state index in [1.54, 1.807) is 19.9 Å². The third-order valence-corrected chi connectivity index (χ3v) is 2.22. The van der Waals surface area contributed by atoms with Gasteiger partial charge >= 0.3 is 5.97 Å². The van der Waals surface area contributed by atoms with Crippen LogP contribution in [0, 0.1) is 6.92 Å². The monoisotopic (exact) mass is 253 g/mol. The molecule has 0 aliphatic heterocycles. The summed E-state index contributed by atoms with van der Waals surface area (Å²) in [6, 6.07) is 1.65. The van der Waals surface area contributed by atoms with Gasteiger partial charge in [-0.25, -0.2) is 9.80 Å². The average Bonchev–Trinajstić information content (AvgIpc) is 2.70. The van der Waals surface area contributed by atoms with E-state index in [1.807, 2.05) is 0 Å². The summed E-state index contributed by atoms with van der Waals surface area (Å²) in [5.41, 5.74) is 0.614. The lowest BCUT2D eigenvalue weighted by molar-refractivity contribution is -0.130. The summed E-state index contributed by atoms with van der Waals surface area (Å²) in [6.07, 6.45) is 0.242. The number of aryl methyl sites for hydroxylation is 1. The maximum atomic E-state index is 11.7. The maximum absolute atomic E-state index is 11.7. The Morgan fingerprint density at radius 2 is 2.22 bits per heavy atom. The number of hydrogen-bond donors (Lipinski definition) is 1. The smallest absolute Gasteiger partial charge is 0.352 e. The largest absolute Gasteiger partial charge is 0.477 e. The normalized spacial score (nSPS) is 11.4. The summed E-state index contributed by atoms with van der Waals surface area (Å²) >= 11 is 0. The van der Waals surface area contributed by atoms with Crippen molar-refractivity contribution >= 4 is 17.6 Å². The van der Waals surface area contributed by atoms with Gasteiger partial charge in [-0.15, -0.1) is 0 Å². The molecule has 1 amide bonds. The Morgan fingerprint density at radius 3 is 2.67 bits per heavy atom. The van der Waals surface area contributed by atoms with Crippen molar-refractivity contribution in [2.75, 3.05) is 7.05 Å². The number of aromatic nitrogens is 1. The van der Waals surface area contributed by atoms with Gasteiger partial charge < -0.3 is 9.63 Å². The predicted molar refractivity (Wildman–Crippen MR) is 63.1 cm³/mol. The SMILES string of the molecule is CCC(=NN(C)C(=O)Cc1cc(C)no1)C(=O)O. The standard InChI is InChI=1S/C11H15N3O4/c1-4-9(11(16)17)12-14(3)10(15)6-8-5-7(2)13-18-8/h5H,4,6H2,1-3H3,(H,16,17). The molecule has 1 aromatic heterocycles. The van der Waals surface area contributed by atoms with Crippen LogP contribution < -0.4 is 0 Å². The highest BCUT2D eigenvalue weighted by Gasteiger charge is 2.15. The minimum atomic E-state index is -1.13. The molecule has 0 radical (unpaired) electrons. The lowest BCUT2D eigenvalue weighted by Gasteiger charge is -2.10. The van der Waals surface area contributed by atoms with Gasteiger partial charge in [0.1, 0.15) is 11.5 Å². The number of hydrazone groups is 1. The van der Waals surface area contributed by atoms with Gasteiger partial charge in [0, 0.05) is 13.1 Å². The van der Waals surface area contributed by atoms with Gasteiger partial charge in [-0.1, -0.05) is 12.1 Å². The Hall–Kier alpha value is -2.18. The first-order valence-corrected chi connectivity index (χ1v) is 5.43. The second-order valence-electron chi connectivity index (χ2n) is 3.73. The van der Waals surface area contributed by atoms with E-state index in [0.717, 1.165) is 5.01 Å². The van der Waals surface area contributed by atoms with Crippen LogP contribution in [0.1, 0.15) is 24.8 Å². The molecule has 0 aliphatic rings. The van der Waals surface area contributed by atoms with Crippen molar-refractivity contribution in [3.05, 3.63) is 17.5 Å². The van der Waals surface area contributed by atoms with Crippen molar-refractivity contribution in [2.45, 2.75) is 26.7 Å². The quantitative estimate of drug-likeness (QED) is 0.619. The molecule has 98 valence electrons. The summed E-state index contributed by atoms with van der Waals surface area (Å²) < 4.78 is 4.90. The van der Waals surface area contributed by atoms with Crippen LogP contribution >= 0.6 is 0 Å². The van der Waals surface area contributed by atoms with Gasteiger partial charge in [-0.05, 0) is 13.3 Å². The van der Waals surface area contributed by atoms with E-state index in [9.17, 15) is 9.59 Å². The first kappa shape index (κ1) is 13.9. The lowest BCUT2D eigenvalue weighted by atomic mass is 10.3. The fourth-order valence-electron chi connectivity index (χ4n) is 1.26. The summed E-state index contributed by atoms with van der Waals surface area (Å²) in [5.74, 6) is -1.07. The third kappa shape index (κ3) is 3.69. The second kappa shape index (κ2) is 5.95. The second-order valence-corrected chi connectivity index (χ2v) is 3.73. The molecule has 0 saturated carbocycles. The van der Waals surface area contributed by atoms with E-state index in [-0.39, 0.29) is 24.5 Å². The number of carboxylic acid groups (broad SMARTS) is 1. The number of carbonyl (C=O) groups excluding carboxylic acids is 1. The van der Waals surface area contributed by atoms with E-state index in [0.29, 0.717) is 11.5 Å². The molecule has 0 fully saturated rings. The van der Waals surface area contributed by atoms with E-state index >= 15 is 0 Å². The summed E-state index contributed by atoms with van der Waals surface area (Å²) in [6.45, 7) is 3.41. The minimum Gasteiger partial charge on any atom is -0.477 e.